The average molecular weight is 308 g/mol. The number of nitrogens with zero attached hydrogens (tertiary/aromatic N) is 1. The number of piperidine rings is 1. The molecule has 2 atom stereocenters. The summed E-state index contributed by atoms with van der Waals surface area (Å²) in [5.41, 5.74) is 1.49. The van der Waals surface area contributed by atoms with Gasteiger partial charge in [0.25, 0.3) is 0 Å². The molecule has 0 N–H and O–H groups in total. The van der Waals surface area contributed by atoms with Gasteiger partial charge < -0.3 is 0 Å². The summed E-state index contributed by atoms with van der Waals surface area (Å²) in [4.78, 5) is 3.57. The Morgan fingerprint density at radius 2 is 1.72 bits per heavy atom. The minimum atomic E-state index is 0.778. The van der Waals surface area contributed by atoms with E-state index in [2.05, 4.69) is 51.2 Å². The van der Waals surface area contributed by atoms with Crippen LogP contribution in [0.3, 0.4) is 0 Å². The topological polar surface area (TPSA) is 3.24 Å². The van der Waals surface area contributed by atoms with Gasteiger partial charge in [-0.2, -0.15) is 0 Å². The molecule has 1 aromatic rings. The van der Waals surface area contributed by atoms with E-state index in [4.69, 9.17) is 0 Å². The minimum Gasteiger partial charge on any atom is -0.297 e. The van der Waals surface area contributed by atoms with Crippen LogP contribution in [0.25, 0.3) is 0 Å². The Bertz CT molecular complexity index is 364. The molecule has 1 nitrogen and oxygen atoms in total. The number of hydrogen-bond donors (Lipinski definition) is 0. The van der Waals surface area contributed by atoms with Gasteiger partial charge in [-0.1, -0.05) is 46.3 Å². The van der Waals surface area contributed by atoms with Gasteiger partial charge in [0.15, 0.2) is 0 Å². The Morgan fingerprint density at radius 1 is 1.06 bits per heavy atom. The molecule has 2 heteroatoms. The average Bonchev–Trinajstić information content (AvgIpc) is 2.63. The van der Waals surface area contributed by atoms with Gasteiger partial charge in [0.05, 0.1) is 0 Å². The van der Waals surface area contributed by atoms with E-state index < -0.39 is 0 Å². The molecule has 2 fully saturated rings. The van der Waals surface area contributed by atoms with E-state index in [1.54, 1.807) is 0 Å². The van der Waals surface area contributed by atoms with E-state index in [0.29, 0.717) is 0 Å². The maximum atomic E-state index is 3.81. The molecule has 0 radical (unpaired) electrons. The van der Waals surface area contributed by atoms with Crippen LogP contribution in [-0.4, -0.2) is 28.4 Å². The molecule has 2 aliphatic heterocycles. The fourth-order valence-electron chi connectivity index (χ4n) is 3.68. The second kappa shape index (κ2) is 5.75. The predicted octanol–water partition coefficient (Wildman–Crippen LogP) is 4.01. The van der Waals surface area contributed by atoms with E-state index in [-0.39, 0.29) is 0 Å². The monoisotopic (exact) mass is 307 g/mol. The van der Waals surface area contributed by atoms with Crippen LogP contribution >= 0.6 is 15.9 Å². The first-order valence-electron chi connectivity index (χ1n) is 7.26. The molecule has 2 heterocycles. The SMILES string of the molecule is BrC1CC2CCC(C1)N2CCCc1ccccc1. The van der Waals surface area contributed by atoms with Crippen LogP contribution in [0.1, 0.15) is 37.7 Å². The molecule has 2 bridgehead atoms. The molecule has 1 aromatic carbocycles. The van der Waals surface area contributed by atoms with E-state index in [9.17, 15) is 0 Å². The lowest BCUT2D eigenvalue weighted by atomic mass is 10.0. The molecule has 18 heavy (non-hydrogen) atoms. The highest BCUT2D eigenvalue weighted by atomic mass is 79.9. The molecule has 2 saturated heterocycles. The van der Waals surface area contributed by atoms with Crippen molar-refractivity contribution >= 4 is 15.9 Å². The third-order valence-electron chi connectivity index (χ3n) is 4.55. The van der Waals surface area contributed by atoms with E-state index in [1.807, 2.05) is 0 Å². The number of alkyl halides is 1. The first-order valence-corrected chi connectivity index (χ1v) is 8.18. The van der Waals surface area contributed by atoms with Crippen molar-refractivity contribution in [3.8, 4) is 0 Å². The van der Waals surface area contributed by atoms with E-state index in [1.165, 1.54) is 50.6 Å². The summed E-state index contributed by atoms with van der Waals surface area (Å²) in [6, 6.07) is 12.6. The summed E-state index contributed by atoms with van der Waals surface area (Å²) in [5, 5.41) is 0. The summed E-state index contributed by atoms with van der Waals surface area (Å²) < 4.78 is 0. The standard InChI is InChI=1S/C16H22BrN/c17-14-11-15-8-9-16(12-14)18(15)10-4-7-13-5-2-1-3-6-13/h1-3,5-6,14-16H,4,7-12H2. The highest BCUT2D eigenvalue weighted by molar-refractivity contribution is 9.09. The van der Waals surface area contributed by atoms with Gasteiger partial charge in [0.2, 0.25) is 0 Å². The quantitative estimate of drug-likeness (QED) is 0.760. The Kier molecular flexibility index (Phi) is 4.05. The van der Waals surface area contributed by atoms with Crippen molar-refractivity contribution in [3.05, 3.63) is 35.9 Å². The maximum absolute atomic E-state index is 3.81. The molecule has 0 aromatic heterocycles. The molecule has 0 saturated carbocycles. The molecule has 0 amide bonds. The second-order valence-electron chi connectivity index (χ2n) is 5.78. The fraction of sp³-hybridized carbons (Fsp3) is 0.625. The van der Waals surface area contributed by atoms with Crippen LogP contribution in [0.5, 0.6) is 0 Å². The fourth-order valence-corrected chi connectivity index (χ4v) is 4.55. The van der Waals surface area contributed by atoms with Crippen LogP contribution in [0.15, 0.2) is 30.3 Å². The zero-order chi connectivity index (χ0) is 12.4. The van der Waals surface area contributed by atoms with Crippen molar-refractivity contribution in [2.24, 2.45) is 0 Å². The molecule has 2 unspecified atom stereocenters. The number of fused-ring (bicyclic) bond motifs is 2. The highest BCUT2D eigenvalue weighted by Gasteiger charge is 2.39. The Morgan fingerprint density at radius 3 is 2.39 bits per heavy atom. The zero-order valence-corrected chi connectivity index (χ0v) is 12.5. The normalized spacial score (nSPS) is 31.7. The van der Waals surface area contributed by atoms with Crippen molar-refractivity contribution in [3.63, 3.8) is 0 Å². The largest absolute Gasteiger partial charge is 0.297 e. The summed E-state index contributed by atoms with van der Waals surface area (Å²) in [6.07, 6.45) is 8.12. The van der Waals surface area contributed by atoms with Gasteiger partial charge in [-0.15, -0.1) is 0 Å². The minimum absolute atomic E-state index is 0.778. The van der Waals surface area contributed by atoms with E-state index >= 15 is 0 Å². The molecule has 0 spiro atoms. The summed E-state index contributed by atoms with van der Waals surface area (Å²) in [7, 11) is 0. The zero-order valence-electron chi connectivity index (χ0n) is 10.9. The number of benzene rings is 1. The highest BCUT2D eigenvalue weighted by Crippen LogP contribution is 2.38. The first kappa shape index (κ1) is 12.7. The Labute approximate surface area is 119 Å². The van der Waals surface area contributed by atoms with Gasteiger partial charge in [0.1, 0.15) is 0 Å². The van der Waals surface area contributed by atoms with Crippen LogP contribution in [-0.2, 0) is 6.42 Å². The van der Waals surface area contributed by atoms with Gasteiger partial charge >= 0.3 is 0 Å². The summed E-state index contributed by atoms with van der Waals surface area (Å²) >= 11 is 3.81. The predicted molar refractivity (Wildman–Crippen MR) is 80.2 cm³/mol. The number of hydrogen-bond acceptors (Lipinski definition) is 1. The first-order chi connectivity index (χ1) is 8.83. The van der Waals surface area contributed by atoms with Crippen molar-refractivity contribution in [2.75, 3.05) is 6.54 Å². The molecule has 0 aliphatic carbocycles. The third-order valence-corrected chi connectivity index (χ3v) is 5.30. The second-order valence-corrected chi connectivity index (χ2v) is 7.08. The lowest BCUT2D eigenvalue weighted by Crippen LogP contribution is -2.43. The molecular weight excluding hydrogens is 286 g/mol. The Balaban J connectivity index is 1.49. The Hall–Kier alpha value is -0.340. The molecular formula is C16H22BrN. The van der Waals surface area contributed by atoms with Crippen LogP contribution in [0.4, 0.5) is 0 Å². The van der Waals surface area contributed by atoms with Gasteiger partial charge in [0, 0.05) is 16.9 Å². The lowest BCUT2D eigenvalue weighted by Gasteiger charge is -2.37. The number of aryl methyl sites for hydroxylation is 1. The van der Waals surface area contributed by atoms with E-state index in [0.717, 1.165) is 16.9 Å². The molecule has 98 valence electrons. The van der Waals surface area contributed by atoms with Gasteiger partial charge in [-0.25, -0.2) is 0 Å². The van der Waals surface area contributed by atoms with Gasteiger partial charge in [-0.05, 0) is 50.6 Å². The summed E-state index contributed by atoms with van der Waals surface area (Å²) in [5.74, 6) is 0. The van der Waals surface area contributed by atoms with Crippen molar-refractivity contribution < 1.29 is 0 Å². The number of rotatable bonds is 4. The lowest BCUT2D eigenvalue weighted by molar-refractivity contribution is 0.144. The maximum Gasteiger partial charge on any atom is 0.0175 e. The summed E-state index contributed by atoms with van der Waals surface area (Å²) in [6.45, 7) is 1.30. The molecule has 3 rings (SSSR count). The van der Waals surface area contributed by atoms with Gasteiger partial charge in [-0.3, -0.25) is 4.90 Å². The van der Waals surface area contributed by atoms with Crippen LogP contribution < -0.4 is 0 Å². The smallest absolute Gasteiger partial charge is 0.0175 e. The van der Waals surface area contributed by atoms with Crippen molar-refractivity contribution in [1.82, 2.24) is 4.90 Å². The van der Waals surface area contributed by atoms with Crippen LogP contribution in [0.2, 0.25) is 0 Å². The molecule has 2 aliphatic rings. The van der Waals surface area contributed by atoms with Crippen molar-refractivity contribution in [1.29, 1.82) is 0 Å². The van der Waals surface area contributed by atoms with Crippen molar-refractivity contribution in [2.45, 2.75) is 55.4 Å². The number of halogens is 1. The third kappa shape index (κ3) is 2.80. The van der Waals surface area contributed by atoms with Crippen LogP contribution in [0, 0.1) is 0 Å².